The van der Waals surface area contributed by atoms with Gasteiger partial charge in [0.25, 0.3) is 0 Å². The average Bonchev–Trinajstić information content (AvgIpc) is 2.69. The van der Waals surface area contributed by atoms with E-state index < -0.39 is 0 Å². The molecular weight excluding hydrogens is 408 g/mol. The van der Waals surface area contributed by atoms with Crippen LogP contribution in [0.25, 0.3) is 0 Å². The van der Waals surface area contributed by atoms with Crippen LogP contribution in [0.5, 0.6) is 5.75 Å². The van der Waals surface area contributed by atoms with Crippen LogP contribution >= 0.6 is 15.9 Å². The Morgan fingerprint density at radius 2 is 1.63 bits per heavy atom. The lowest BCUT2D eigenvalue weighted by Gasteiger charge is -2.12. The first-order valence-electron chi connectivity index (χ1n) is 8.25. The number of carbonyl (C=O) groups is 2. The van der Waals surface area contributed by atoms with Gasteiger partial charge in [0, 0.05) is 27.0 Å². The molecule has 3 aromatic carbocycles. The second kappa shape index (κ2) is 8.51. The van der Waals surface area contributed by atoms with E-state index in [1.54, 1.807) is 36.4 Å². The third-order valence-corrected chi connectivity index (χ3v) is 4.35. The van der Waals surface area contributed by atoms with E-state index in [9.17, 15) is 14.7 Å². The summed E-state index contributed by atoms with van der Waals surface area (Å²) in [7, 11) is 0. The molecular formula is C21H17BrN2O3. The predicted molar refractivity (Wildman–Crippen MR) is 109 cm³/mol. The van der Waals surface area contributed by atoms with Crippen LogP contribution in [0.2, 0.25) is 0 Å². The molecule has 0 bridgehead atoms. The van der Waals surface area contributed by atoms with Crippen LogP contribution in [0.1, 0.15) is 15.9 Å². The maximum absolute atomic E-state index is 12.8. The highest BCUT2D eigenvalue weighted by Crippen LogP contribution is 2.24. The van der Waals surface area contributed by atoms with Crippen molar-refractivity contribution in [3.05, 3.63) is 88.4 Å². The lowest BCUT2D eigenvalue weighted by atomic mass is 10.0. The van der Waals surface area contributed by atoms with Crippen molar-refractivity contribution < 1.29 is 14.7 Å². The molecule has 0 radical (unpaired) electrons. The van der Waals surface area contributed by atoms with Crippen LogP contribution in [0.4, 0.5) is 11.4 Å². The van der Waals surface area contributed by atoms with E-state index >= 15 is 0 Å². The Morgan fingerprint density at radius 1 is 0.926 bits per heavy atom. The smallest absolute Gasteiger partial charge is 0.243 e. The van der Waals surface area contributed by atoms with Crippen LogP contribution in [0, 0.1) is 0 Å². The molecule has 3 rings (SSSR count). The quantitative estimate of drug-likeness (QED) is 0.403. The summed E-state index contributed by atoms with van der Waals surface area (Å²) in [5.74, 6) is -0.259. The summed E-state index contributed by atoms with van der Waals surface area (Å²) in [6.45, 7) is -0.00240. The first-order valence-corrected chi connectivity index (χ1v) is 9.04. The SMILES string of the molecule is O=C(CNc1ccc(Br)cc1C(=O)c1ccccc1)Nc1ccc(O)cc1. The molecule has 0 aromatic heterocycles. The molecule has 0 unspecified atom stereocenters. The molecule has 0 aliphatic heterocycles. The van der Waals surface area contributed by atoms with Gasteiger partial charge in [-0.2, -0.15) is 0 Å². The van der Waals surface area contributed by atoms with Crippen molar-refractivity contribution in [2.75, 3.05) is 17.2 Å². The van der Waals surface area contributed by atoms with Crippen LogP contribution in [0.3, 0.4) is 0 Å². The number of phenolic OH excluding ortho intramolecular Hbond substituents is 1. The zero-order valence-electron chi connectivity index (χ0n) is 14.3. The van der Waals surface area contributed by atoms with Crippen molar-refractivity contribution in [1.82, 2.24) is 0 Å². The molecule has 0 saturated heterocycles. The van der Waals surface area contributed by atoms with Gasteiger partial charge in [-0.15, -0.1) is 0 Å². The number of ketones is 1. The van der Waals surface area contributed by atoms with E-state index in [0.29, 0.717) is 22.5 Å². The molecule has 0 aliphatic carbocycles. The number of benzene rings is 3. The Bertz CT molecular complexity index is 957. The van der Waals surface area contributed by atoms with Crippen LogP contribution in [-0.2, 0) is 4.79 Å². The predicted octanol–water partition coefficient (Wildman–Crippen LogP) is 4.44. The summed E-state index contributed by atoms with van der Waals surface area (Å²) < 4.78 is 0.779. The van der Waals surface area contributed by atoms with E-state index in [4.69, 9.17) is 0 Å². The Kier molecular flexibility index (Phi) is 5.88. The van der Waals surface area contributed by atoms with Gasteiger partial charge in [-0.3, -0.25) is 9.59 Å². The standard InChI is InChI=1S/C21H17BrN2O3/c22-15-6-11-19(18(12-15)21(27)14-4-2-1-3-5-14)23-13-20(26)24-16-7-9-17(25)10-8-16/h1-12,23,25H,13H2,(H,24,26). The molecule has 0 fully saturated rings. The van der Waals surface area contributed by atoms with E-state index in [-0.39, 0.29) is 24.0 Å². The summed E-state index contributed by atoms with van der Waals surface area (Å²) >= 11 is 3.39. The second-order valence-corrected chi connectivity index (χ2v) is 6.75. The first kappa shape index (κ1) is 18.7. The van der Waals surface area contributed by atoms with Crippen molar-refractivity contribution in [3.63, 3.8) is 0 Å². The number of phenols is 1. The number of amides is 1. The fourth-order valence-corrected chi connectivity index (χ4v) is 2.89. The van der Waals surface area contributed by atoms with Crippen molar-refractivity contribution in [3.8, 4) is 5.75 Å². The lowest BCUT2D eigenvalue weighted by Crippen LogP contribution is -2.22. The number of aromatic hydroxyl groups is 1. The average molecular weight is 425 g/mol. The third-order valence-electron chi connectivity index (χ3n) is 3.85. The van der Waals surface area contributed by atoms with Crippen LogP contribution in [0.15, 0.2) is 77.3 Å². The van der Waals surface area contributed by atoms with Crippen molar-refractivity contribution >= 4 is 39.0 Å². The topological polar surface area (TPSA) is 78.4 Å². The van der Waals surface area contributed by atoms with Crippen molar-refractivity contribution in [2.24, 2.45) is 0 Å². The molecule has 3 N–H and O–H groups in total. The maximum Gasteiger partial charge on any atom is 0.243 e. The van der Waals surface area contributed by atoms with Gasteiger partial charge >= 0.3 is 0 Å². The maximum atomic E-state index is 12.8. The van der Waals surface area contributed by atoms with Gasteiger partial charge in [0.1, 0.15) is 5.75 Å². The number of rotatable bonds is 6. The second-order valence-electron chi connectivity index (χ2n) is 5.83. The van der Waals surface area contributed by atoms with Gasteiger partial charge in [-0.1, -0.05) is 46.3 Å². The highest BCUT2D eigenvalue weighted by Gasteiger charge is 2.15. The molecule has 136 valence electrons. The molecule has 6 heteroatoms. The molecule has 27 heavy (non-hydrogen) atoms. The van der Waals surface area contributed by atoms with Gasteiger partial charge in [-0.25, -0.2) is 0 Å². The Morgan fingerprint density at radius 3 is 2.33 bits per heavy atom. The minimum absolute atomic E-state index is 0.00240. The fraction of sp³-hybridized carbons (Fsp3) is 0.0476. The van der Waals surface area contributed by atoms with Crippen LogP contribution < -0.4 is 10.6 Å². The molecule has 0 heterocycles. The van der Waals surface area contributed by atoms with Crippen LogP contribution in [-0.4, -0.2) is 23.3 Å². The Hall–Kier alpha value is -3.12. The molecule has 0 aliphatic rings. The molecule has 0 saturated carbocycles. The monoisotopic (exact) mass is 424 g/mol. The number of nitrogens with one attached hydrogen (secondary N) is 2. The summed E-state index contributed by atoms with van der Waals surface area (Å²) in [5.41, 5.74) is 2.21. The van der Waals surface area contributed by atoms with Gasteiger partial charge in [0.15, 0.2) is 5.78 Å². The van der Waals surface area contributed by atoms with Gasteiger partial charge < -0.3 is 15.7 Å². The lowest BCUT2D eigenvalue weighted by molar-refractivity contribution is -0.114. The van der Waals surface area contributed by atoms with Crippen molar-refractivity contribution in [2.45, 2.75) is 0 Å². The Labute approximate surface area is 165 Å². The fourth-order valence-electron chi connectivity index (χ4n) is 2.53. The third kappa shape index (κ3) is 4.95. The number of halogens is 1. The number of carbonyl (C=O) groups excluding carboxylic acids is 2. The summed E-state index contributed by atoms with van der Waals surface area (Å²) in [5, 5.41) is 15.0. The Balaban J connectivity index is 1.72. The molecule has 0 atom stereocenters. The van der Waals surface area contributed by atoms with E-state index in [1.165, 1.54) is 12.1 Å². The number of anilines is 2. The van der Waals surface area contributed by atoms with Crippen molar-refractivity contribution in [1.29, 1.82) is 0 Å². The highest BCUT2D eigenvalue weighted by atomic mass is 79.9. The summed E-state index contributed by atoms with van der Waals surface area (Å²) in [6, 6.07) is 20.5. The number of hydrogen-bond acceptors (Lipinski definition) is 4. The molecule has 1 amide bonds. The minimum atomic E-state index is -0.262. The zero-order valence-corrected chi connectivity index (χ0v) is 15.9. The zero-order chi connectivity index (χ0) is 19.2. The summed E-state index contributed by atoms with van der Waals surface area (Å²) in [4.78, 5) is 25.0. The highest BCUT2D eigenvalue weighted by molar-refractivity contribution is 9.10. The molecule has 3 aromatic rings. The molecule has 0 spiro atoms. The van der Waals surface area contributed by atoms with Gasteiger partial charge in [-0.05, 0) is 42.5 Å². The first-order chi connectivity index (χ1) is 13.0. The minimum Gasteiger partial charge on any atom is -0.508 e. The molecule has 5 nitrogen and oxygen atoms in total. The number of hydrogen-bond donors (Lipinski definition) is 3. The summed E-state index contributed by atoms with van der Waals surface area (Å²) in [6.07, 6.45) is 0. The largest absolute Gasteiger partial charge is 0.508 e. The van der Waals surface area contributed by atoms with E-state index in [1.807, 2.05) is 24.3 Å². The normalized spacial score (nSPS) is 10.3. The van der Waals surface area contributed by atoms with Gasteiger partial charge in [0.05, 0.1) is 6.54 Å². The van der Waals surface area contributed by atoms with Gasteiger partial charge in [0.2, 0.25) is 5.91 Å². The van der Waals surface area contributed by atoms with E-state index in [2.05, 4.69) is 26.6 Å². The van der Waals surface area contributed by atoms with E-state index in [0.717, 1.165) is 4.47 Å².